The SMILES string of the molecule is C=C(CCc1nc(-c2ccc(Cl)cc2Cl)oc1C(C)C)c1ccc(OOC(C)=O)c(C)c1. The van der Waals surface area contributed by atoms with Gasteiger partial charge in [-0.2, -0.15) is 0 Å². The summed E-state index contributed by atoms with van der Waals surface area (Å²) in [6.45, 7) is 11.5. The molecular weight excluding hydrogens is 449 g/mol. The van der Waals surface area contributed by atoms with E-state index in [-0.39, 0.29) is 5.92 Å². The fraction of sp³-hybridized carbons (Fsp3) is 0.280. The smallest absolute Gasteiger partial charge is 0.352 e. The molecule has 0 atom stereocenters. The summed E-state index contributed by atoms with van der Waals surface area (Å²) in [6, 6.07) is 10.9. The maximum absolute atomic E-state index is 10.9. The highest BCUT2D eigenvalue weighted by atomic mass is 35.5. The van der Waals surface area contributed by atoms with Gasteiger partial charge in [-0.05, 0) is 66.8 Å². The van der Waals surface area contributed by atoms with Gasteiger partial charge in [0.2, 0.25) is 5.89 Å². The van der Waals surface area contributed by atoms with Crippen LogP contribution in [-0.4, -0.2) is 11.0 Å². The quantitative estimate of drug-likeness (QED) is 0.249. The molecule has 0 aliphatic carbocycles. The van der Waals surface area contributed by atoms with E-state index in [4.69, 9.17) is 37.5 Å². The first kappa shape index (κ1) is 23.9. The number of carbonyl (C=O) groups is 1. The van der Waals surface area contributed by atoms with Gasteiger partial charge in [0.05, 0.1) is 16.3 Å². The van der Waals surface area contributed by atoms with Crippen molar-refractivity contribution in [2.75, 3.05) is 0 Å². The Kier molecular flexibility index (Phi) is 7.64. The van der Waals surface area contributed by atoms with E-state index in [9.17, 15) is 4.79 Å². The second-order valence-electron chi connectivity index (χ2n) is 7.85. The highest BCUT2D eigenvalue weighted by Gasteiger charge is 2.19. The summed E-state index contributed by atoms with van der Waals surface area (Å²) in [7, 11) is 0. The van der Waals surface area contributed by atoms with E-state index >= 15 is 0 Å². The number of aryl methyl sites for hydroxylation is 2. The van der Waals surface area contributed by atoms with E-state index in [0.29, 0.717) is 40.1 Å². The average molecular weight is 474 g/mol. The number of oxazole rings is 1. The molecule has 0 aliphatic heterocycles. The number of hydrogen-bond donors (Lipinski definition) is 0. The average Bonchev–Trinajstić information content (AvgIpc) is 3.15. The van der Waals surface area contributed by atoms with Gasteiger partial charge in [0.1, 0.15) is 5.76 Å². The number of allylic oxidation sites excluding steroid dienone is 1. The molecule has 0 N–H and O–H groups in total. The van der Waals surface area contributed by atoms with Crippen molar-refractivity contribution in [3.05, 3.63) is 75.6 Å². The maximum atomic E-state index is 10.9. The first-order valence-corrected chi connectivity index (χ1v) is 11.0. The molecule has 0 bridgehead atoms. The number of hydrogen-bond acceptors (Lipinski definition) is 5. The van der Waals surface area contributed by atoms with Crippen molar-refractivity contribution < 1.29 is 19.0 Å². The molecule has 32 heavy (non-hydrogen) atoms. The van der Waals surface area contributed by atoms with Crippen molar-refractivity contribution in [1.29, 1.82) is 0 Å². The van der Waals surface area contributed by atoms with Crippen LogP contribution in [0.3, 0.4) is 0 Å². The minimum Gasteiger partial charge on any atom is -0.441 e. The molecule has 3 aromatic rings. The molecule has 0 saturated carbocycles. The van der Waals surface area contributed by atoms with E-state index in [2.05, 4.69) is 25.3 Å². The molecule has 0 unspecified atom stereocenters. The van der Waals surface area contributed by atoms with Crippen LogP contribution in [-0.2, 0) is 16.1 Å². The van der Waals surface area contributed by atoms with Crippen molar-refractivity contribution in [2.24, 2.45) is 0 Å². The molecule has 2 aromatic carbocycles. The van der Waals surface area contributed by atoms with Gasteiger partial charge in [-0.3, -0.25) is 9.78 Å². The second kappa shape index (κ2) is 10.2. The highest BCUT2D eigenvalue weighted by Crippen LogP contribution is 2.34. The van der Waals surface area contributed by atoms with Gasteiger partial charge in [0, 0.05) is 17.9 Å². The van der Waals surface area contributed by atoms with Crippen LogP contribution < -0.4 is 4.89 Å². The van der Waals surface area contributed by atoms with E-state index in [1.807, 2.05) is 25.1 Å². The zero-order valence-corrected chi connectivity index (χ0v) is 20.0. The summed E-state index contributed by atoms with van der Waals surface area (Å²) in [5, 5.41) is 1.06. The Hall–Kier alpha value is -2.76. The Morgan fingerprint density at radius 1 is 1.19 bits per heavy atom. The van der Waals surface area contributed by atoms with Gasteiger partial charge in [0.25, 0.3) is 0 Å². The normalized spacial score (nSPS) is 11.0. The van der Waals surface area contributed by atoms with Gasteiger partial charge in [-0.1, -0.05) is 49.7 Å². The zero-order valence-electron chi connectivity index (χ0n) is 18.5. The number of aromatic nitrogens is 1. The predicted octanol–water partition coefficient (Wildman–Crippen LogP) is 7.58. The molecule has 0 aliphatic rings. The summed E-state index contributed by atoms with van der Waals surface area (Å²) >= 11 is 12.4. The van der Waals surface area contributed by atoms with Crippen molar-refractivity contribution in [3.63, 3.8) is 0 Å². The van der Waals surface area contributed by atoms with E-state index in [1.165, 1.54) is 6.92 Å². The predicted molar refractivity (Wildman–Crippen MR) is 127 cm³/mol. The van der Waals surface area contributed by atoms with Crippen LogP contribution in [0.15, 0.2) is 47.4 Å². The Labute approximate surface area is 197 Å². The maximum Gasteiger partial charge on any atom is 0.352 e. The van der Waals surface area contributed by atoms with E-state index in [1.54, 1.807) is 18.2 Å². The first-order chi connectivity index (χ1) is 15.2. The molecule has 0 saturated heterocycles. The highest BCUT2D eigenvalue weighted by molar-refractivity contribution is 6.36. The Bertz CT molecular complexity index is 1150. The van der Waals surface area contributed by atoms with Crippen molar-refractivity contribution >= 4 is 34.7 Å². The van der Waals surface area contributed by atoms with Crippen LogP contribution in [0.2, 0.25) is 10.0 Å². The Balaban J connectivity index is 1.76. The molecular formula is C25H25Cl2NO4. The zero-order chi connectivity index (χ0) is 23.4. The van der Waals surface area contributed by atoms with E-state index < -0.39 is 5.97 Å². The Morgan fingerprint density at radius 3 is 2.56 bits per heavy atom. The third-order valence-corrected chi connectivity index (χ3v) is 5.46. The largest absolute Gasteiger partial charge is 0.441 e. The van der Waals surface area contributed by atoms with Crippen molar-refractivity contribution in [3.8, 4) is 17.2 Å². The fourth-order valence-corrected chi connectivity index (χ4v) is 3.74. The number of nitrogens with zero attached hydrogens (tertiary/aromatic N) is 1. The van der Waals surface area contributed by atoms with Crippen LogP contribution in [0, 0.1) is 6.92 Å². The van der Waals surface area contributed by atoms with E-state index in [0.717, 1.165) is 28.2 Å². The molecule has 0 fully saturated rings. The Morgan fingerprint density at radius 2 is 1.94 bits per heavy atom. The third kappa shape index (κ3) is 5.72. The van der Waals surface area contributed by atoms with Gasteiger partial charge >= 0.3 is 5.97 Å². The summed E-state index contributed by atoms with van der Waals surface area (Å²) < 4.78 is 6.08. The number of halogens is 2. The molecule has 5 nitrogen and oxygen atoms in total. The summed E-state index contributed by atoms with van der Waals surface area (Å²) in [5.41, 5.74) is 4.37. The van der Waals surface area contributed by atoms with Gasteiger partial charge in [-0.25, -0.2) is 9.78 Å². The summed E-state index contributed by atoms with van der Waals surface area (Å²) in [4.78, 5) is 25.3. The lowest BCUT2D eigenvalue weighted by atomic mass is 9.98. The molecule has 0 spiro atoms. The van der Waals surface area contributed by atoms with Crippen molar-refractivity contribution in [2.45, 2.75) is 46.5 Å². The van der Waals surface area contributed by atoms with Gasteiger partial charge in [-0.15, -0.1) is 0 Å². The summed E-state index contributed by atoms with van der Waals surface area (Å²) in [5.74, 6) is 1.47. The molecule has 0 amide bonds. The monoisotopic (exact) mass is 473 g/mol. The standard InChI is InChI=1S/C25H25Cl2NO4/c1-14(2)24-22(28-25(30-24)20-9-8-19(26)13-21(20)27)10-6-15(3)18-7-11-23(16(4)12-18)32-31-17(5)29/h7-9,11-14H,3,6,10H2,1-2,4-5H3. The molecule has 168 valence electrons. The topological polar surface area (TPSA) is 61.6 Å². The van der Waals surface area contributed by atoms with Gasteiger partial charge in [0.15, 0.2) is 5.75 Å². The number of benzene rings is 2. The lowest BCUT2D eigenvalue weighted by molar-refractivity contribution is -0.211. The summed E-state index contributed by atoms with van der Waals surface area (Å²) in [6.07, 6.45) is 1.37. The lowest BCUT2D eigenvalue weighted by Crippen LogP contribution is -2.04. The minimum absolute atomic E-state index is 0.172. The number of carbonyl (C=O) groups excluding carboxylic acids is 1. The fourth-order valence-electron chi connectivity index (χ4n) is 3.25. The van der Waals surface area contributed by atoms with Crippen LogP contribution >= 0.6 is 23.2 Å². The second-order valence-corrected chi connectivity index (χ2v) is 8.69. The molecule has 3 rings (SSSR count). The first-order valence-electron chi connectivity index (χ1n) is 10.2. The number of rotatable bonds is 8. The van der Waals surface area contributed by atoms with Crippen LogP contribution in [0.4, 0.5) is 0 Å². The molecule has 7 heteroatoms. The third-order valence-electron chi connectivity index (χ3n) is 4.91. The molecule has 1 heterocycles. The van der Waals surface area contributed by atoms with Crippen LogP contribution in [0.1, 0.15) is 55.7 Å². The lowest BCUT2D eigenvalue weighted by Gasteiger charge is -2.10. The van der Waals surface area contributed by atoms with Crippen LogP contribution in [0.5, 0.6) is 5.75 Å². The molecule has 1 aromatic heterocycles. The van der Waals surface area contributed by atoms with Crippen LogP contribution in [0.25, 0.3) is 17.0 Å². The minimum atomic E-state index is -0.509. The van der Waals surface area contributed by atoms with Crippen molar-refractivity contribution in [1.82, 2.24) is 4.98 Å². The molecule has 0 radical (unpaired) electrons. The van der Waals surface area contributed by atoms with Gasteiger partial charge < -0.3 is 4.42 Å².